The van der Waals surface area contributed by atoms with Crippen LogP contribution in [0.15, 0.2) is 36.5 Å². The fourth-order valence-electron chi connectivity index (χ4n) is 6.08. The molecule has 2 N–H and O–H groups in total. The minimum Gasteiger partial charge on any atom is -0.382 e. The first kappa shape index (κ1) is 26.2. The fourth-order valence-corrected chi connectivity index (χ4v) is 6.08. The van der Waals surface area contributed by atoms with Crippen LogP contribution in [0, 0.1) is 5.92 Å². The van der Waals surface area contributed by atoms with E-state index in [-0.39, 0.29) is 11.8 Å². The van der Waals surface area contributed by atoms with Gasteiger partial charge in [-0.15, -0.1) is 0 Å². The van der Waals surface area contributed by atoms with Crippen LogP contribution in [0.1, 0.15) is 50.0 Å². The van der Waals surface area contributed by atoms with Crippen LogP contribution in [0.3, 0.4) is 0 Å². The molecule has 5 heterocycles. The number of fused-ring (bicyclic) bond motifs is 3. The van der Waals surface area contributed by atoms with Crippen LogP contribution in [-0.2, 0) is 20.9 Å². The van der Waals surface area contributed by atoms with Gasteiger partial charge in [-0.05, 0) is 57.3 Å². The van der Waals surface area contributed by atoms with E-state index in [1.54, 1.807) is 13.3 Å². The average molecular weight is 512 g/mol. The van der Waals surface area contributed by atoms with E-state index in [0.29, 0.717) is 51.6 Å². The minimum atomic E-state index is -1.50. The molecule has 37 heavy (non-hydrogen) atoms. The Morgan fingerprint density at radius 1 is 1.16 bits per heavy atom. The third-order valence-electron chi connectivity index (χ3n) is 8.40. The molecule has 1 amide bonds. The van der Waals surface area contributed by atoms with Gasteiger partial charge in [0, 0.05) is 37.9 Å². The second-order valence-corrected chi connectivity index (χ2v) is 10.7. The Bertz CT molecular complexity index is 1070. The number of amides is 1. The highest BCUT2D eigenvalue weighted by Crippen LogP contribution is 2.52. The molecule has 4 saturated heterocycles. The Balaban J connectivity index is 1.39. The van der Waals surface area contributed by atoms with E-state index < -0.39 is 17.2 Å². The van der Waals surface area contributed by atoms with Gasteiger partial charge in [0.1, 0.15) is 11.5 Å². The average Bonchev–Trinajstić information content (AvgIpc) is 2.93. The third-order valence-corrected chi connectivity index (χ3v) is 8.40. The van der Waals surface area contributed by atoms with Crippen molar-refractivity contribution in [1.29, 1.82) is 0 Å². The van der Waals surface area contributed by atoms with Crippen molar-refractivity contribution in [3.8, 4) is 11.3 Å². The smallest absolute Gasteiger partial charge is 0.223 e. The highest BCUT2D eigenvalue weighted by molar-refractivity contribution is 5.80. The van der Waals surface area contributed by atoms with Crippen LogP contribution in [0.25, 0.3) is 11.3 Å². The molecule has 6 rings (SSSR count). The zero-order chi connectivity index (χ0) is 25.9. The molecule has 4 fully saturated rings. The lowest BCUT2D eigenvalue weighted by atomic mass is 9.65. The minimum absolute atomic E-state index is 0.0563. The number of hydrogen-bond acceptors (Lipinski definition) is 7. The summed E-state index contributed by atoms with van der Waals surface area (Å²) in [4.78, 5) is 25.1. The van der Waals surface area contributed by atoms with Gasteiger partial charge in [-0.2, -0.15) is 0 Å². The van der Waals surface area contributed by atoms with Crippen molar-refractivity contribution >= 4 is 5.91 Å². The summed E-state index contributed by atoms with van der Waals surface area (Å²) in [6.45, 7) is 6.38. The maximum atomic E-state index is 16.5. The van der Waals surface area contributed by atoms with Crippen LogP contribution >= 0.6 is 0 Å². The second-order valence-electron chi connectivity index (χ2n) is 10.7. The van der Waals surface area contributed by atoms with Gasteiger partial charge in [0.15, 0.2) is 0 Å². The van der Waals surface area contributed by atoms with Gasteiger partial charge >= 0.3 is 0 Å². The molecule has 0 saturated carbocycles. The molecule has 0 radical (unpaired) electrons. The molecule has 2 aromatic rings. The standard InChI is InChI=1S/C28H38FN5O3/c1-27(33-26(35)22-7-12-30-13-8-22)24(34-15-10-28(27,29)11-16-34)25-31-14-9-23(32-25)21-5-3-20(4-6-21)19-37-18-17-36-2/h3-6,9,14,22,24,30H,7-8,10-13,15-19H2,1-2H3,(H,33,35)/t24-,27+/m1/s1. The maximum Gasteiger partial charge on any atom is 0.223 e. The van der Waals surface area contributed by atoms with Gasteiger partial charge in [0.25, 0.3) is 0 Å². The molecule has 0 unspecified atom stereocenters. The summed E-state index contributed by atoms with van der Waals surface area (Å²) in [5, 5.41) is 6.49. The summed E-state index contributed by atoms with van der Waals surface area (Å²) in [5.41, 5.74) is 0.194. The summed E-state index contributed by atoms with van der Waals surface area (Å²) in [7, 11) is 1.65. The number of ether oxygens (including phenoxy) is 2. The molecular formula is C28H38FN5O3. The van der Waals surface area contributed by atoms with Crippen LogP contribution in [0.2, 0.25) is 0 Å². The van der Waals surface area contributed by atoms with Gasteiger partial charge in [-0.3, -0.25) is 9.69 Å². The van der Waals surface area contributed by atoms with Gasteiger partial charge in [0.05, 0.1) is 37.1 Å². The van der Waals surface area contributed by atoms with Crippen LogP contribution in [0.4, 0.5) is 4.39 Å². The number of piperidine rings is 4. The van der Waals surface area contributed by atoms with Gasteiger partial charge in [0.2, 0.25) is 5.91 Å². The Labute approximate surface area is 218 Å². The van der Waals surface area contributed by atoms with E-state index in [1.165, 1.54) is 0 Å². The van der Waals surface area contributed by atoms with Crippen molar-refractivity contribution in [3.63, 3.8) is 0 Å². The summed E-state index contributed by atoms with van der Waals surface area (Å²) < 4.78 is 27.2. The number of methoxy groups -OCH3 is 1. The topological polar surface area (TPSA) is 88.6 Å². The predicted molar refractivity (Wildman–Crippen MR) is 139 cm³/mol. The lowest BCUT2D eigenvalue weighted by Crippen LogP contribution is -2.74. The highest BCUT2D eigenvalue weighted by atomic mass is 19.1. The van der Waals surface area contributed by atoms with Crippen molar-refractivity contribution < 1.29 is 18.7 Å². The van der Waals surface area contributed by atoms with Crippen molar-refractivity contribution in [1.82, 2.24) is 25.5 Å². The van der Waals surface area contributed by atoms with Crippen molar-refractivity contribution in [2.75, 3.05) is 46.5 Å². The van der Waals surface area contributed by atoms with Crippen LogP contribution in [0.5, 0.6) is 0 Å². The first-order valence-electron chi connectivity index (χ1n) is 13.4. The fraction of sp³-hybridized carbons (Fsp3) is 0.607. The monoisotopic (exact) mass is 511 g/mol. The number of aromatic nitrogens is 2. The maximum absolute atomic E-state index is 16.5. The Kier molecular flexibility index (Phi) is 7.85. The summed E-state index contributed by atoms with van der Waals surface area (Å²) in [6, 6.07) is 9.53. The molecular weight excluding hydrogens is 473 g/mol. The molecule has 1 aromatic carbocycles. The number of rotatable bonds is 9. The number of benzene rings is 1. The number of hydrogen-bond donors (Lipinski definition) is 2. The van der Waals surface area contributed by atoms with Crippen LogP contribution in [-0.4, -0.2) is 78.5 Å². The first-order chi connectivity index (χ1) is 17.9. The summed E-state index contributed by atoms with van der Waals surface area (Å²) >= 11 is 0. The van der Waals surface area contributed by atoms with Gasteiger partial charge < -0.3 is 20.1 Å². The number of carbonyl (C=O) groups is 1. The first-order valence-corrected chi connectivity index (χ1v) is 13.4. The van der Waals surface area contributed by atoms with Crippen molar-refractivity contribution in [2.45, 2.75) is 56.5 Å². The van der Waals surface area contributed by atoms with Crippen LogP contribution < -0.4 is 10.6 Å². The Hall–Kier alpha value is -2.46. The van der Waals surface area contributed by atoms with E-state index in [9.17, 15) is 4.79 Å². The zero-order valence-electron chi connectivity index (χ0n) is 21.8. The molecule has 1 aromatic heterocycles. The van der Waals surface area contributed by atoms with E-state index in [4.69, 9.17) is 14.5 Å². The Morgan fingerprint density at radius 3 is 2.59 bits per heavy atom. The number of carbonyl (C=O) groups excluding carboxylic acids is 1. The summed E-state index contributed by atoms with van der Waals surface area (Å²) in [5.74, 6) is 0.403. The van der Waals surface area contributed by atoms with E-state index in [0.717, 1.165) is 42.8 Å². The third kappa shape index (κ3) is 5.27. The lowest BCUT2D eigenvalue weighted by Gasteiger charge is -2.60. The molecule has 4 aliphatic heterocycles. The molecule has 2 atom stereocenters. The zero-order valence-corrected chi connectivity index (χ0v) is 21.8. The highest BCUT2D eigenvalue weighted by Gasteiger charge is 2.63. The molecule has 2 bridgehead atoms. The SMILES string of the molecule is COCCOCc1ccc(-c2ccnc([C@H]3N4CCC(F)(CC4)[C@@]3(C)NC(=O)C3CCNCC3)n2)cc1. The van der Waals surface area contributed by atoms with Gasteiger partial charge in [-0.1, -0.05) is 24.3 Å². The molecule has 8 nitrogen and oxygen atoms in total. The molecule has 0 spiro atoms. The normalized spacial score (nSPS) is 29.8. The predicted octanol–water partition coefficient (Wildman–Crippen LogP) is 3.04. The largest absolute Gasteiger partial charge is 0.382 e. The lowest BCUT2D eigenvalue weighted by molar-refractivity contribution is -0.150. The van der Waals surface area contributed by atoms with Crippen molar-refractivity contribution in [3.05, 3.63) is 47.9 Å². The molecule has 4 aliphatic rings. The molecule has 0 aliphatic carbocycles. The summed E-state index contributed by atoms with van der Waals surface area (Å²) in [6.07, 6.45) is 4.09. The quantitative estimate of drug-likeness (QED) is 0.501. The van der Waals surface area contributed by atoms with E-state index in [2.05, 4.69) is 20.5 Å². The molecule has 200 valence electrons. The van der Waals surface area contributed by atoms with Crippen molar-refractivity contribution in [2.24, 2.45) is 5.92 Å². The Morgan fingerprint density at radius 2 is 1.89 bits per heavy atom. The number of alkyl halides is 1. The number of halogens is 1. The van der Waals surface area contributed by atoms with E-state index in [1.807, 2.05) is 37.3 Å². The van der Waals surface area contributed by atoms with Gasteiger partial charge in [-0.25, -0.2) is 14.4 Å². The van der Waals surface area contributed by atoms with E-state index >= 15 is 4.39 Å². The second kappa shape index (κ2) is 11.1. The number of nitrogens with zero attached hydrogens (tertiary/aromatic N) is 3. The molecule has 9 heteroatoms. The number of nitrogens with one attached hydrogen (secondary N) is 2.